The standard InChI is InChI=1S/C41H60IN7O4SSi2/c1-41(2,3)53-40(50)48-29-14-15-30(48)22-28(21-29)36-35(42)39(47(25-51-17-19-55(4,5)6)26-52-18-20-56(7,8)9)49-37(46-36)31(24-44-49)27-13-16-33(43-23-27)38-45-32-11-10-12-34(32)54-38/h13,16,23-24,28-30H,10-12,14-15,17-22,25-26H2,1-9H3. The summed E-state index contributed by atoms with van der Waals surface area (Å²) < 4.78 is 21.8. The molecule has 4 aromatic rings. The third kappa shape index (κ3) is 9.70. The molecule has 3 aliphatic rings. The molecule has 2 atom stereocenters. The minimum Gasteiger partial charge on any atom is -0.444 e. The van der Waals surface area contributed by atoms with Crippen molar-refractivity contribution in [3.8, 4) is 21.8 Å². The van der Waals surface area contributed by atoms with Gasteiger partial charge in [-0.2, -0.15) is 9.61 Å². The normalized spacial score (nSPS) is 19.9. The number of amides is 1. The van der Waals surface area contributed by atoms with Gasteiger partial charge in [0.25, 0.3) is 0 Å². The Balaban J connectivity index is 1.26. The molecule has 56 heavy (non-hydrogen) atoms. The Morgan fingerprint density at radius 2 is 1.61 bits per heavy atom. The highest BCUT2D eigenvalue weighted by molar-refractivity contribution is 14.1. The Morgan fingerprint density at radius 1 is 0.946 bits per heavy atom. The Labute approximate surface area is 352 Å². The van der Waals surface area contributed by atoms with E-state index in [1.54, 1.807) is 11.3 Å². The lowest BCUT2D eigenvalue weighted by Gasteiger charge is -2.39. The molecule has 1 aliphatic carbocycles. The molecule has 2 bridgehead atoms. The molecule has 0 aromatic carbocycles. The number of anilines is 1. The molecule has 1 amide bonds. The van der Waals surface area contributed by atoms with E-state index >= 15 is 0 Å². The van der Waals surface area contributed by atoms with Crippen LogP contribution in [-0.4, -0.2) is 96.1 Å². The molecule has 2 aliphatic heterocycles. The SMILES string of the molecule is CC(C)(C)OC(=O)N1C2CCC1CC(c1nc3c(-c4ccc(-c5nc6c(s5)CCC6)nc4)cnn3c(N(COCC[Si](C)(C)C)COCC[Si](C)(C)C)c1I)C2. The maximum atomic E-state index is 13.4. The number of ether oxygens (including phenoxy) is 3. The summed E-state index contributed by atoms with van der Waals surface area (Å²) >= 11 is 4.26. The van der Waals surface area contributed by atoms with Crippen LogP contribution in [0.1, 0.15) is 75.1 Å². The van der Waals surface area contributed by atoms with Crippen molar-refractivity contribution in [3.63, 3.8) is 0 Å². The van der Waals surface area contributed by atoms with Crippen molar-refractivity contribution < 1.29 is 19.0 Å². The highest BCUT2D eigenvalue weighted by Crippen LogP contribution is 2.46. The minimum absolute atomic E-state index is 0.116. The van der Waals surface area contributed by atoms with Crippen LogP contribution in [0.4, 0.5) is 10.6 Å². The first-order valence-corrected chi connectivity index (χ1v) is 29.7. The largest absolute Gasteiger partial charge is 0.444 e. The first kappa shape index (κ1) is 41.7. The summed E-state index contributed by atoms with van der Waals surface area (Å²) in [5.74, 6) is 1.10. The number of nitrogens with zero attached hydrogens (tertiary/aromatic N) is 7. The average Bonchev–Trinajstić information content (AvgIpc) is 3.88. The van der Waals surface area contributed by atoms with Crippen molar-refractivity contribution in [1.29, 1.82) is 0 Å². The van der Waals surface area contributed by atoms with Crippen LogP contribution in [-0.2, 0) is 27.1 Å². The van der Waals surface area contributed by atoms with Crippen molar-refractivity contribution >= 4 is 67.6 Å². The van der Waals surface area contributed by atoms with Crippen LogP contribution in [0.5, 0.6) is 0 Å². The number of fused-ring (bicyclic) bond motifs is 4. The number of hydrogen-bond donors (Lipinski definition) is 0. The van der Waals surface area contributed by atoms with Gasteiger partial charge in [-0.05, 0) is 106 Å². The first-order chi connectivity index (χ1) is 26.4. The quantitative estimate of drug-likeness (QED) is 0.0529. The van der Waals surface area contributed by atoms with Gasteiger partial charge in [-0.15, -0.1) is 11.3 Å². The molecule has 0 saturated carbocycles. The maximum absolute atomic E-state index is 13.4. The van der Waals surface area contributed by atoms with Crippen LogP contribution >= 0.6 is 33.9 Å². The highest BCUT2D eigenvalue weighted by atomic mass is 127. The van der Waals surface area contributed by atoms with E-state index in [1.165, 1.54) is 17.0 Å². The second-order valence-electron chi connectivity index (χ2n) is 19.3. The zero-order valence-electron chi connectivity index (χ0n) is 34.8. The van der Waals surface area contributed by atoms with Gasteiger partial charge in [0.05, 0.1) is 26.8 Å². The number of pyridine rings is 1. The van der Waals surface area contributed by atoms with E-state index in [2.05, 4.69) is 78.9 Å². The van der Waals surface area contributed by atoms with Crippen molar-refractivity contribution in [2.45, 2.75) is 141 Å². The summed E-state index contributed by atoms with van der Waals surface area (Å²) in [7, 11) is -2.57. The number of thiazole rings is 1. The van der Waals surface area contributed by atoms with E-state index in [1.807, 2.05) is 42.6 Å². The fourth-order valence-electron chi connectivity index (χ4n) is 7.98. The Bertz CT molecular complexity index is 1960. The third-order valence-electron chi connectivity index (χ3n) is 11.0. The fourth-order valence-corrected chi connectivity index (χ4v) is 11.8. The summed E-state index contributed by atoms with van der Waals surface area (Å²) in [5.41, 5.74) is 5.33. The fraction of sp³-hybridized carbons (Fsp3) is 0.634. The Hall–Kier alpha value is -2.45. The second kappa shape index (κ2) is 16.7. The van der Waals surface area contributed by atoms with Crippen LogP contribution in [0.3, 0.4) is 0 Å². The molecule has 0 N–H and O–H groups in total. The number of rotatable bonds is 14. The number of aryl methyl sites for hydroxylation is 2. The van der Waals surface area contributed by atoms with E-state index in [4.69, 9.17) is 34.3 Å². The van der Waals surface area contributed by atoms with E-state index in [0.717, 1.165) is 93.2 Å². The van der Waals surface area contributed by atoms with Gasteiger partial charge in [-0.3, -0.25) is 4.98 Å². The lowest BCUT2D eigenvalue weighted by molar-refractivity contribution is 0.00566. The molecule has 7 rings (SSSR count). The predicted octanol–water partition coefficient (Wildman–Crippen LogP) is 10.1. The molecule has 2 unspecified atom stereocenters. The molecular formula is C41H60IN7O4SSi2. The van der Waals surface area contributed by atoms with Crippen molar-refractivity contribution in [3.05, 3.63) is 44.4 Å². The number of aromatic nitrogens is 5. The van der Waals surface area contributed by atoms with Crippen molar-refractivity contribution in [1.82, 2.24) is 29.5 Å². The smallest absolute Gasteiger partial charge is 0.410 e. The van der Waals surface area contributed by atoms with Gasteiger partial charge >= 0.3 is 6.09 Å². The summed E-state index contributed by atoms with van der Waals surface area (Å²) in [4.78, 5) is 34.4. The summed E-state index contributed by atoms with van der Waals surface area (Å²) in [6.07, 6.45) is 10.7. The molecule has 304 valence electrons. The van der Waals surface area contributed by atoms with Crippen LogP contribution in [0.25, 0.3) is 27.5 Å². The molecule has 2 saturated heterocycles. The van der Waals surface area contributed by atoms with Gasteiger partial charge in [-0.1, -0.05) is 45.3 Å². The monoisotopic (exact) mass is 929 g/mol. The zero-order valence-corrected chi connectivity index (χ0v) is 39.8. The van der Waals surface area contributed by atoms with Crippen LogP contribution in [0, 0.1) is 3.57 Å². The van der Waals surface area contributed by atoms with E-state index in [9.17, 15) is 4.79 Å². The molecule has 15 heteroatoms. The topological polar surface area (TPSA) is 107 Å². The number of carbonyl (C=O) groups is 1. The van der Waals surface area contributed by atoms with Gasteiger partial charge in [0.2, 0.25) is 0 Å². The summed E-state index contributed by atoms with van der Waals surface area (Å²) in [6, 6.07) is 6.61. The second-order valence-corrected chi connectivity index (χ2v) is 32.7. The van der Waals surface area contributed by atoms with Gasteiger partial charge in [0.1, 0.15) is 24.1 Å². The molecule has 4 aromatic heterocycles. The van der Waals surface area contributed by atoms with E-state index in [0.29, 0.717) is 26.7 Å². The molecule has 11 nitrogen and oxygen atoms in total. The van der Waals surface area contributed by atoms with Gasteiger partial charge < -0.3 is 24.0 Å². The maximum Gasteiger partial charge on any atom is 0.410 e. The van der Waals surface area contributed by atoms with E-state index < -0.39 is 21.7 Å². The number of carbonyl (C=O) groups excluding carboxylic acids is 1. The Kier molecular flexibility index (Phi) is 12.4. The highest BCUT2D eigenvalue weighted by Gasteiger charge is 2.46. The minimum atomic E-state index is -1.29. The first-order valence-electron chi connectivity index (χ1n) is 20.4. The van der Waals surface area contributed by atoms with Crippen molar-refractivity contribution in [2.24, 2.45) is 0 Å². The summed E-state index contributed by atoms with van der Waals surface area (Å²) in [5, 5.41) is 6.02. The lowest BCUT2D eigenvalue weighted by atomic mass is 9.88. The van der Waals surface area contributed by atoms with E-state index in [-0.39, 0.29) is 24.1 Å². The summed E-state index contributed by atoms with van der Waals surface area (Å²) in [6.45, 7) is 22.3. The zero-order chi connectivity index (χ0) is 40.0. The average molecular weight is 930 g/mol. The Morgan fingerprint density at radius 3 is 2.18 bits per heavy atom. The molecule has 0 spiro atoms. The molecule has 2 fully saturated rings. The number of piperidine rings is 1. The molecular weight excluding hydrogens is 870 g/mol. The van der Waals surface area contributed by atoms with Crippen molar-refractivity contribution in [2.75, 3.05) is 31.6 Å². The number of hydrogen-bond acceptors (Lipinski definition) is 10. The predicted molar refractivity (Wildman–Crippen MR) is 239 cm³/mol. The van der Waals surface area contributed by atoms with Crippen LogP contribution in [0.15, 0.2) is 24.5 Å². The van der Waals surface area contributed by atoms with Gasteiger partial charge in [-0.25, -0.2) is 14.8 Å². The third-order valence-corrected chi connectivity index (χ3v) is 16.6. The molecule has 6 heterocycles. The van der Waals surface area contributed by atoms with Gasteiger partial charge in [0, 0.05) is 69.6 Å². The molecule has 0 radical (unpaired) electrons. The lowest BCUT2D eigenvalue weighted by Crippen LogP contribution is -2.48. The van der Waals surface area contributed by atoms with Crippen LogP contribution in [0.2, 0.25) is 51.4 Å². The number of halogens is 1. The van der Waals surface area contributed by atoms with Gasteiger partial charge in [0.15, 0.2) is 11.5 Å². The van der Waals surface area contributed by atoms with Crippen LogP contribution < -0.4 is 4.90 Å².